The van der Waals surface area contributed by atoms with Crippen molar-refractivity contribution in [3.8, 4) is 0 Å². The molecule has 0 saturated carbocycles. The molecule has 6 heteroatoms. The predicted molar refractivity (Wildman–Crippen MR) is 85.0 cm³/mol. The molecule has 2 aromatic carbocycles. The van der Waals surface area contributed by atoms with E-state index in [1.807, 2.05) is 0 Å². The Morgan fingerprint density at radius 2 is 1.64 bits per heavy atom. The molecule has 0 spiro atoms. The van der Waals surface area contributed by atoms with Crippen molar-refractivity contribution in [2.24, 2.45) is 0 Å². The van der Waals surface area contributed by atoms with Crippen LogP contribution in [-0.2, 0) is 14.8 Å². The van der Waals surface area contributed by atoms with E-state index >= 15 is 0 Å². The van der Waals surface area contributed by atoms with E-state index in [-0.39, 0.29) is 10.5 Å². The smallest absolute Gasteiger partial charge is 0.331 e. The van der Waals surface area contributed by atoms with Crippen molar-refractivity contribution in [2.45, 2.75) is 11.8 Å². The first kappa shape index (κ1) is 15.8. The van der Waals surface area contributed by atoms with Gasteiger partial charge in [-0.2, -0.15) is 0 Å². The SMILES string of the molecule is C/C(=C\c1ccc(S(=O)(=O)Nc2ccccc2)cc1)C(=O)O. The molecule has 2 rings (SSSR count). The van der Waals surface area contributed by atoms with Crippen molar-refractivity contribution in [2.75, 3.05) is 4.72 Å². The Morgan fingerprint density at radius 3 is 2.18 bits per heavy atom. The number of anilines is 1. The molecule has 0 fully saturated rings. The van der Waals surface area contributed by atoms with E-state index in [4.69, 9.17) is 5.11 Å². The molecular formula is C16H15NO4S. The number of benzene rings is 2. The summed E-state index contributed by atoms with van der Waals surface area (Å²) < 4.78 is 26.9. The molecule has 0 radical (unpaired) electrons. The lowest BCUT2D eigenvalue weighted by molar-refractivity contribution is -0.132. The summed E-state index contributed by atoms with van der Waals surface area (Å²) in [7, 11) is -3.66. The predicted octanol–water partition coefficient (Wildman–Crippen LogP) is 2.98. The molecule has 114 valence electrons. The zero-order valence-corrected chi connectivity index (χ0v) is 12.7. The van der Waals surface area contributed by atoms with Gasteiger partial charge in [0.15, 0.2) is 0 Å². The zero-order chi connectivity index (χ0) is 16.2. The van der Waals surface area contributed by atoms with Gasteiger partial charge in [-0.15, -0.1) is 0 Å². The Hall–Kier alpha value is -2.60. The van der Waals surface area contributed by atoms with Gasteiger partial charge in [-0.3, -0.25) is 4.72 Å². The molecule has 0 amide bonds. The molecule has 0 aliphatic carbocycles. The van der Waals surface area contributed by atoms with Gasteiger partial charge in [0.1, 0.15) is 0 Å². The van der Waals surface area contributed by atoms with Crippen LogP contribution in [0.3, 0.4) is 0 Å². The average molecular weight is 317 g/mol. The minimum absolute atomic E-state index is 0.112. The van der Waals surface area contributed by atoms with Gasteiger partial charge in [-0.1, -0.05) is 30.3 Å². The summed E-state index contributed by atoms with van der Waals surface area (Å²) in [6, 6.07) is 14.6. The van der Waals surface area contributed by atoms with Gasteiger partial charge in [0.2, 0.25) is 0 Å². The zero-order valence-electron chi connectivity index (χ0n) is 11.9. The van der Waals surface area contributed by atoms with Gasteiger partial charge >= 0.3 is 5.97 Å². The Kier molecular flexibility index (Phi) is 4.62. The highest BCUT2D eigenvalue weighted by Gasteiger charge is 2.13. The Balaban J connectivity index is 2.23. The molecule has 0 unspecified atom stereocenters. The van der Waals surface area contributed by atoms with Crippen LogP contribution in [0.15, 0.2) is 65.1 Å². The fourth-order valence-electron chi connectivity index (χ4n) is 1.78. The summed E-state index contributed by atoms with van der Waals surface area (Å²) in [6.45, 7) is 1.48. The number of rotatable bonds is 5. The van der Waals surface area contributed by atoms with Crippen molar-refractivity contribution in [1.82, 2.24) is 0 Å². The van der Waals surface area contributed by atoms with Crippen LogP contribution >= 0.6 is 0 Å². The third-order valence-corrected chi connectivity index (χ3v) is 4.33. The Labute approximate surface area is 129 Å². The minimum Gasteiger partial charge on any atom is -0.478 e. The highest BCUT2D eigenvalue weighted by atomic mass is 32.2. The van der Waals surface area contributed by atoms with Crippen molar-refractivity contribution >= 4 is 27.8 Å². The van der Waals surface area contributed by atoms with Gasteiger partial charge < -0.3 is 5.11 Å². The highest BCUT2D eigenvalue weighted by Crippen LogP contribution is 2.17. The maximum Gasteiger partial charge on any atom is 0.331 e. The number of sulfonamides is 1. The molecule has 0 aliphatic heterocycles. The third kappa shape index (κ3) is 3.95. The fraction of sp³-hybridized carbons (Fsp3) is 0.0625. The van der Waals surface area contributed by atoms with E-state index in [0.29, 0.717) is 11.3 Å². The lowest BCUT2D eigenvalue weighted by Gasteiger charge is -2.08. The van der Waals surface area contributed by atoms with E-state index < -0.39 is 16.0 Å². The van der Waals surface area contributed by atoms with Crippen molar-refractivity contribution < 1.29 is 18.3 Å². The molecule has 0 atom stereocenters. The standard InChI is InChI=1S/C16H15NO4S/c1-12(16(18)19)11-13-7-9-15(10-8-13)22(20,21)17-14-5-3-2-4-6-14/h2-11,17H,1H3,(H,18,19)/b12-11+. The monoisotopic (exact) mass is 317 g/mol. The third-order valence-electron chi connectivity index (χ3n) is 2.94. The van der Waals surface area contributed by atoms with E-state index in [1.54, 1.807) is 42.5 Å². The normalized spacial score (nSPS) is 12.0. The van der Waals surface area contributed by atoms with E-state index in [2.05, 4.69) is 4.72 Å². The number of para-hydroxylation sites is 1. The van der Waals surface area contributed by atoms with Crippen LogP contribution in [0.2, 0.25) is 0 Å². The van der Waals surface area contributed by atoms with Gasteiger partial charge in [0, 0.05) is 11.3 Å². The van der Waals surface area contributed by atoms with E-state index in [0.717, 1.165) is 0 Å². The van der Waals surface area contributed by atoms with Crippen LogP contribution in [0.4, 0.5) is 5.69 Å². The van der Waals surface area contributed by atoms with E-state index in [1.165, 1.54) is 25.1 Å². The Morgan fingerprint density at radius 1 is 1.05 bits per heavy atom. The second-order valence-electron chi connectivity index (χ2n) is 4.67. The summed E-state index contributed by atoms with van der Waals surface area (Å²) >= 11 is 0. The van der Waals surface area contributed by atoms with Gasteiger partial charge in [-0.25, -0.2) is 13.2 Å². The van der Waals surface area contributed by atoms with Crippen molar-refractivity contribution in [3.63, 3.8) is 0 Å². The fourth-order valence-corrected chi connectivity index (χ4v) is 2.83. The van der Waals surface area contributed by atoms with E-state index in [9.17, 15) is 13.2 Å². The van der Waals surface area contributed by atoms with Crippen LogP contribution in [0, 0.1) is 0 Å². The van der Waals surface area contributed by atoms with Gasteiger partial charge in [-0.05, 0) is 42.8 Å². The molecule has 22 heavy (non-hydrogen) atoms. The second-order valence-corrected chi connectivity index (χ2v) is 6.36. The van der Waals surface area contributed by atoms with Crippen LogP contribution < -0.4 is 4.72 Å². The first-order valence-corrected chi connectivity index (χ1v) is 7.96. The molecule has 2 N–H and O–H groups in total. The first-order valence-electron chi connectivity index (χ1n) is 6.48. The van der Waals surface area contributed by atoms with Crippen LogP contribution in [0.1, 0.15) is 12.5 Å². The number of nitrogens with one attached hydrogen (secondary N) is 1. The molecule has 2 aromatic rings. The van der Waals surface area contributed by atoms with Crippen molar-refractivity contribution in [1.29, 1.82) is 0 Å². The van der Waals surface area contributed by atoms with Crippen LogP contribution in [0.25, 0.3) is 6.08 Å². The molecule has 0 aromatic heterocycles. The highest BCUT2D eigenvalue weighted by molar-refractivity contribution is 7.92. The summed E-state index contributed by atoms with van der Waals surface area (Å²) in [4.78, 5) is 10.9. The van der Waals surface area contributed by atoms with Gasteiger partial charge in [0.05, 0.1) is 4.90 Å². The minimum atomic E-state index is -3.66. The quantitative estimate of drug-likeness (QED) is 0.830. The average Bonchev–Trinajstić information content (AvgIpc) is 2.48. The second kappa shape index (κ2) is 6.44. The molecule has 0 aliphatic rings. The summed E-state index contributed by atoms with van der Waals surface area (Å²) in [6.07, 6.45) is 1.48. The van der Waals surface area contributed by atoms with Crippen molar-refractivity contribution in [3.05, 3.63) is 65.7 Å². The number of carboxylic acid groups (broad SMARTS) is 1. The summed E-state index contributed by atoms with van der Waals surface area (Å²) in [5.41, 5.74) is 1.28. The summed E-state index contributed by atoms with van der Waals surface area (Å²) in [5, 5.41) is 8.82. The Bertz CT molecular complexity index is 794. The maximum absolute atomic E-state index is 12.2. The number of aliphatic carboxylic acids is 1. The lowest BCUT2D eigenvalue weighted by atomic mass is 10.1. The molecule has 0 bridgehead atoms. The molecule has 0 heterocycles. The largest absolute Gasteiger partial charge is 0.478 e. The molecular weight excluding hydrogens is 302 g/mol. The number of hydrogen-bond donors (Lipinski definition) is 2. The summed E-state index contributed by atoms with van der Waals surface area (Å²) in [5.74, 6) is -1.01. The number of hydrogen-bond acceptors (Lipinski definition) is 3. The topological polar surface area (TPSA) is 83.5 Å². The number of carboxylic acids is 1. The van der Waals surface area contributed by atoms with Crippen LogP contribution in [0.5, 0.6) is 0 Å². The van der Waals surface area contributed by atoms with Crippen LogP contribution in [-0.4, -0.2) is 19.5 Å². The van der Waals surface area contributed by atoms with Gasteiger partial charge in [0.25, 0.3) is 10.0 Å². The maximum atomic E-state index is 12.2. The lowest BCUT2D eigenvalue weighted by Crippen LogP contribution is -2.12. The molecule has 0 saturated heterocycles. The first-order chi connectivity index (χ1) is 10.4. The number of carbonyl (C=O) groups is 1. The molecule has 5 nitrogen and oxygen atoms in total.